The van der Waals surface area contributed by atoms with Crippen LogP contribution in [0.25, 0.3) is 0 Å². The lowest BCUT2D eigenvalue weighted by Crippen LogP contribution is -2.10. The zero-order valence-electron chi connectivity index (χ0n) is 24.5. The quantitative estimate of drug-likeness (QED) is 0.250. The third-order valence-corrected chi connectivity index (χ3v) is 6.47. The van der Waals surface area contributed by atoms with E-state index in [-0.39, 0.29) is 33.8 Å². The van der Waals surface area contributed by atoms with Crippen molar-refractivity contribution in [1.29, 1.82) is 0 Å². The van der Waals surface area contributed by atoms with Crippen LogP contribution < -0.4 is 14.2 Å². The van der Waals surface area contributed by atoms with Gasteiger partial charge in [0.2, 0.25) is 0 Å². The Morgan fingerprint density at radius 2 is 0.692 bits per heavy atom. The monoisotopic (exact) mass is 525 g/mol. The van der Waals surface area contributed by atoms with Crippen molar-refractivity contribution >= 4 is 0 Å². The van der Waals surface area contributed by atoms with Gasteiger partial charge in [0.05, 0.1) is 0 Å². The number of aromatic nitrogens is 3. The van der Waals surface area contributed by atoms with Gasteiger partial charge in [-0.2, -0.15) is 0 Å². The molecule has 6 nitrogen and oxygen atoms in total. The largest absolute Gasteiger partial charge is 0.446 e. The molecule has 0 N–H and O–H groups in total. The number of nitrogens with zero attached hydrogens (tertiary/aromatic N) is 3. The highest BCUT2D eigenvalue weighted by atomic mass is 16.6. The minimum absolute atomic E-state index is 0.0271. The molecule has 0 amide bonds. The van der Waals surface area contributed by atoms with Crippen LogP contribution in [0.15, 0.2) is 72.8 Å². The lowest BCUT2D eigenvalue weighted by atomic mass is 9.87. The van der Waals surface area contributed by atoms with E-state index < -0.39 is 0 Å². The van der Waals surface area contributed by atoms with Gasteiger partial charge in [-0.15, -0.1) is 0 Å². The molecule has 0 aliphatic heterocycles. The fraction of sp³-hybridized carbons (Fsp3) is 0.364. The first kappa shape index (κ1) is 28.1. The molecule has 6 heteroatoms. The Hall–Kier alpha value is -3.93. The number of hydrogen-bond donors (Lipinski definition) is 0. The highest BCUT2D eigenvalue weighted by Crippen LogP contribution is 2.41. The van der Waals surface area contributed by atoms with Crippen molar-refractivity contribution in [3.05, 3.63) is 89.5 Å². The van der Waals surface area contributed by atoms with Gasteiger partial charge in [-0.25, -0.2) is 0 Å². The van der Waals surface area contributed by atoms with E-state index in [1.54, 1.807) is 0 Å². The molecule has 1 aromatic heterocycles. The normalized spacial score (nSPS) is 12.2. The predicted molar refractivity (Wildman–Crippen MR) is 155 cm³/mol. The van der Waals surface area contributed by atoms with Crippen LogP contribution in [0.5, 0.6) is 34.8 Å². The summed E-state index contributed by atoms with van der Waals surface area (Å²) in [5.74, 6) is 2.39. The molecule has 0 unspecified atom stereocenters. The summed E-state index contributed by atoms with van der Waals surface area (Å²) in [5, 5.41) is 12.2. The maximum Gasteiger partial charge on any atom is 0.290 e. The van der Waals surface area contributed by atoms with Crippen molar-refractivity contribution in [3.63, 3.8) is 0 Å². The van der Waals surface area contributed by atoms with Crippen LogP contribution in [-0.2, 0) is 16.2 Å². The number of benzene rings is 3. The first-order valence-corrected chi connectivity index (χ1v) is 13.3. The van der Waals surface area contributed by atoms with Gasteiger partial charge in [0.1, 0.15) is 17.2 Å². The molecule has 0 spiro atoms. The van der Waals surface area contributed by atoms with Gasteiger partial charge in [-0.05, 0) is 74.5 Å². The van der Waals surface area contributed by atoms with E-state index in [0.717, 1.165) is 0 Å². The van der Waals surface area contributed by atoms with E-state index in [1.807, 2.05) is 60.7 Å². The van der Waals surface area contributed by atoms with Gasteiger partial charge in [0.15, 0.2) is 0 Å². The Morgan fingerprint density at radius 3 is 0.974 bits per heavy atom. The Bertz CT molecular complexity index is 1310. The van der Waals surface area contributed by atoms with E-state index in [4.69, 9.17) is 14.2 Å². The fourth-order valence-corrected chi connectivity index (χ4v) is 3.92. The Kier molecular flexibility index (Phi) is 7.69. The summed E-state index contributed by atoms with van der Waals surface area (Å²) in [4.78, 5) is 0. The summed E-state index contributed by atoms with van der Waals surface area (Å²) < 4.78 is 18.6. The van der Waals surface area contributed by atoms with E-state index in [9.17, 15) is 0 Å². The lowest BCUT2D eigenvalue weighted by Gasteiger charge is -2.20. The summed E-state index contributed by atoms with van der Waals surface area (Å²) in [6, 6.07) is 23.8. The van der Waals surface area contributed by atoms with Crippen LogP contribution in [0.2, 0.25) is 0 Å². The molecule has 0 radical (unpaired) electrons. The molecule has 0 aliphatic carbocycles. The molecule has 1 heterocycles. The third kappa shape index (κ3) is 7.14. The predicted octanol–water partition coefficient (Wildman–Crippen LogP) is 9.14. The summed E-state index contributed by atoms with van der Waals surface area (Å²) in [5.41, 5.74) is 3.70. The second kappa shape index (κ2) is 10.7. The molecular weight excluding hydrogens is 486 g/mol. The van der Waals surface area contributed by atoms with Gasteiger partial charge >= 0.3 is 0 Å². The topological polar surface area (TPSA) is 66.4 Å². The van der Waals surface area contributed by atoms with E-state index >= 15 is 0 Å². The molecule has 204 valence electrons. The average Bonchev–Trinajstić information content (AvgIpc) is 2.85. The minimum Gasteiger partial charge on any atom is -0.446 e. The van der Waals surface area contributed by atoms with Crippen LogP contribution >= 0.6 is 0 Å². The highest BCUT2D eigenvalue weighted by molar-refractivity contribution is 5.48. The second-order valence-electron chi connectivity index (χ2n) is 12.9. The van der Waals surface area contributed by atoms with Crippen LogP contribution in [0.4, 0.5) is 0 Å². The highest BCUT2D eigenvalue weighted by Gasteiger charge is 2.22. The van der Waals surface area contributed by atoms with E-state index in [0.29, 0.717) is 17.2 Å². The average molecular weight is 526 g/mol. The Balaban J connectivity index is 1.69. The van der Waals surface area contributed by atoms with Crippen molar-refractivity contribution in [1.82, 2.24) is 15.4 Å². The SMILES string of the molecule is CC(C)(C)c1ccc(Oc2nnnc(Oc3ccc(C(C)(C)C)cc3)c2Oc2ccc(C(C)(C)C)cc2)cc1. The summed E-state index contributed by atoms with van der Waals surface area (Å²) in [6.45, 7) is 19.6. The van der Waals surface area contributed by atoms with Crippen LogP contribution in [0, 0.1) is 0 Å². The Morgan fingerprint density at radius 1 is 0.410 bits per heavy atom. The van der Waals surface area contributed by atoms with Crippen molar-refractivity contribution in [2.75, 3.05) is 0 Å². The number of ether oxygens (including phenoxy) is 3. The zero-order valence-corrected chi connectivity index (χ0v) is 24.5. The van der Waals surface area contributed by atoms with Crippen molar-refractivity contribution in [2.45, 2.75) is 78.6 Å². The third-order valence-electron chi connectivity index (χ3n) is 6.47. The molecule has 0 fully saturated rings. The smallest absolute Gasteiger partial charge is 0.290 e. The van der Waals surface area contributed by atoms with Crippen molar-refractivity contribution in [2.24, 2.45) is 0 Å². The number of rotatable bonds is 6. The molecule has 3 aromatic carbocycles. The lowest BCUT2D eigenvalue weighted by molar-refractivity contribution is 0.354. The molecule has 4 aromatic rings. The standard InChI is InChI=1S/C33H39N3O3/c1-31(2,3)22-10-16-25(17-11-22)37-28-29(38-26-18-12-23(13-19-26)32(4,5)6)34-36-35-30(28)39-27-20-14-24(15-21-27)33(7,8)9/h10-21H,1-9H3. The Labute approximate surface area is 232 Å². The molecule has 0 saturated heterocycles. The van der Waals surface area contributed by atoms with Gasteiger partial charge in [-0.1, -0.05) is 109 Å². The summed E-state index contributed by atoms with van der Waals surface area (Å²) in [7, 11) is 0. The first-order valence-electron chi connectivity index (χ1n) is 13.3. The summed E-state index contributed by atoms with van der Waals surface area (Å²) in [6.07, 6.45) is 0. The number of hydrogen-bond acceptors (Lipinski definition) is 6. The molecule has 0 atom stereocenters. The molecule has 0 bridgehead atoms. The first-order chi connectivity index (χ1) is 18.2. The van der Waals surface area contributed by atoms with E-state index in [1.165, 1.54) is 16.7 Å². The molecule has 0 saturated carbocycles. The van der Waals surface area contributed by atoms with Gasteiger partial charge in [0, 0.05) is 0 Å². The zero-order chi connectivity index (χ0) is 28.4. The summed E-state index contributed by atoms with van der Waals surface area (Å²) >= 11 is 0. The van der Waals surface area contributed by atoms with Gasteiger partial charge in [-0.3, -0.25) is 0 Å². The fourth-order valence-electron chi connectivity index (χ4n) is 3.92. The van der Waals surface area contributed by atoms with Crippen molar-refractivity contribution < 1.29 is 14.2 Å². The molecule has 0 aliphatic rings. The molecule has 4 rings (SSSR count). The van der Waals surface area contributed by atoms with Crippen LogP contribution in [-0.4, -0.2) is 15.4 Å². The second-order valence-corrected chi connectivity index (χ2v) is 12.9. The molecule has 39 heavy (non-hydrogen) atoms. The van der Waals surface area contributed by atoms with E-state index in [2.05, 4.69) is 89.9 Å². The van der Waals surface area contributed by atoms with Crippen LogP contribution in [0.1, 0.15) is 79.0 Å². The maximum atomic E-state index is 6.29. The van der Waals surface area contributed by atoms with Crippen molar-refractivity contribution in [3.8, 4) is 34.8 Å². The van der Waals surface area contributed by atoms with Gasteiger partial charge in [0.25, 0.3) is 17.5 Å². The molecular formula is C33H39N3O3. The van der Waals surface area contributed by atoms with Crippen LogP contribution in [0.3, 0.4) is 0 Å². The minimum atomic E-state index is 0.0271. The van der Waals surface area contributed by atoms with Gasteiger partial charge < -0.3 is 14.2 Å². The maximum absolute atomic E-state index is 6.29.